The fourth-order valence-corrected chi connectivity index (χ4v) is 2.85. The van der Waals surface area contributed by atoms with Gasteiger partial charge in [0, 0.05) is 16.8 Å². The van der Waals surface area contributed by atoms with Gasteiger partial charge in [-0.1, -0.05) is 25.4 Å². The van der Waals surface area contributed by atoms with Gasteiger partial charge in [-0.3, -0.25) is 0 Å². The van der Waals surface area contributed by atoms with Crippen LogP contribution in [-0.4, -0.2) is 15.1 Å². The molecule has 0 saturated carbocycles. The Morgan fingerprint density at radius 2 is 1.60 bits per heavy atom. The van der Waals surface area contributed by atoms with Crippen molar-refractivity contribution in [3.8, 4) is 17.1 Å². The van der Waals surface area contributed by atoms with Crippen molar-refractivity contribution in [3.05, 3.63) is 39.7 Å². The van der Waals surface area contributed by atoms with Gasteiger partial charge in [0.15, 0.2) is 5.82 Å². The van der Waals surface area contributed by atoms with E-state index in [-0.39, 0.29) is 0 Å². The summed E-state index contributed by atoms with van der Waals surface area (Å²) in [6.45, 7) is 9.83. The van der Waals surface area contributed by atoms with E-state index in [1.807, 2.05) is 32.9 Å². The Hall–Kier alpha value is -1.61. The molecule has 0 amide bonds. The molecule has 1 aromatic heterocycles. The maximum atomic E-state index is 9.84. The second-order valence-corrected chi connectivity index (χ2v) is 5.81. The van der Waals surface area contributed by atoms with Crippen molar-refractivity contribution >= 4 is 11.6 Å². The lowest BCUT2D eigenvalue weighted by atomic mass is 10.0. The number of hydrogen-bond acceptors (Lipinski definition) is 3. The summed E-state index contributed by atoms with van der Waals surface area (Å²) >= 11 is 6.29. The Labute approximate surface area is 124 Å². The van der Waals surface area contributed by atoms with Crippen molar-refractivity contribution in [2.75, 3.05) is 0 Å². The first-order valence-electron chi connectivity index (χ1n) is 6.66. The van der Waals surface area contributed by atoms with E-state index in [0.29, 0.717) is 22.6 Å². The maximum Gasteiger partial charge on any atom is 0.161 e. The third-order valence-electron chi connectivity index (χ3n) is 3.42. The van der Waals surface area contributed by atoms with Gasteiger partial charge in [-0.05, 0) is 49.9 Å². The molecule has 0 aliphatic heterocycles. The Kier molecular flexibility index (Phi) is 4.00. The number of aromatic hydroxyl groups is 1. The zero-order valence-electron chi connectivity index (χ0n) is 12.5. The minimum absolute atomic E-state index is 0.292. The first-order chi connectivity index (χ1) is 9.31. The Bertz CT molecular complexity index is 620. The lowest BCUT2D eigenvalue weighted by Crippen LogP contribution is -2.02. The third kappa shape index (κ3) is 2.63. The fraction of sp³-hybridized carbons (Fsp3) is 0.375. The van der Waals surface area contributed by atoms with Gasteiger partial charge in [0.05, 0.1) is 0 Å². The van der Waals surface area contributed by atoms with E-state index in [2.05, 4.69) is 23.8 Å². The standard InChI is InChI=1S/C16H19ClN2O/c1-8(2)13-11(5)18-16(19-15(13)17)12-6-9(3)14(20)10(4)7-12/h6-8,20H,1-5H3. The minimum atomic E-state index is 0.292. The molecule has 4 heteroatoms. The van der Waals surface area contributed by atoms with E-state index in [4.69, 9.17) is 11.6 Å². The van der Waals surface area contributed by atoms with Crippen LogP contribution in [0.15, 0.2) is 12.1 Å². The molecule has 2 rings (SSSR count). The normalized spacial score (nSPS) is 11.2. The zero-order chi connectivity index (χ0) is 15.0. The van der Waals surface area contributed by atoms with Gasteiger partial charge in [0.1, 0.15) is 10.9 Å². The molecule has 3 nitrogen and oxygen atoms in total. The molecule has 0 aliphatic rings. The molecule has 0 radical (unpaired) electrons. The lowest BCUT2D eigenvalue weighted by molar-refractivity contribution is 0.467. The van der Waals surface area contributed by atoms with Crippen LogP contribution in [0.2, 0.25) is 5.15 Å². The number of aryl methyl sites for hydroxylation is 3. The lowest BCUT2D eigenvalue weighted by Gasteiger charge is -2.13. The van der Waals surface area contributed by atoms with Crippen molar-refractivity contribution < 1.29 is 5.11 Å². The summed E-state index contributed by atoms with van der Waals surface area (Å²) in [5.41, 5.74) is 4.38. The highest BCUT2D eigenvalue weighted by atomic mass is 35.5. The minimum Gasteiger partial charge on any atom is -0.507 e. The summed E-state index contributed by atoms with van der Waals surface area (Å²) in [4.78, 5) is 8.97. The first kappa shape index (κ1) is 14.8. The zero-order valence-corrected chi connectivity index (χ0v) is 13.2. The summed E-state index contributed by atoms with van der Waals surface area (Å²) in [5.74, 6) is 1.21. The van der Waals surface area contributed by atoms with Crippen LogP contribution < -0.4 is 0 Å². The number of rotatable bonds is 2. The van der Waals surface area contributed by atoms with Gasteiger partial charge >= 0.3 is 0 Å². The Balaban J connectivity index is 2.60. The summed E-state index contributed by atoms with van der Waals surface area (Å²) in [6, 6.07) is 3.75. The highest BCUT2D eigenvalue weighted by molar-refractivity contribution is 6.30. The van der Waals surface area contributed by atoms with Crippen LogP contribution >= 0.6 is 11.6 Å². The Morgan fingerprint density at radius 1 is 1.05 bits per heavy atom. The van der Waals surface area contributed by atoms with Crippen molar-refractivity contribution in [2.45, 2.75) is 40.5 Å². The van der Waals surface area contributed by atoms with Crippen LogP contribution in [0.25, 0.3) is 11.4 Å². The first-order valence-corrected chi connectivity index (χ1v) is 7.03. The molecule has 1 aromatic carbocycles. The average Bonchev–Trinajstić information content (AvgIpc) is 2.33. The highest BCUT2D eigenvalue weighted by Crippen LogP contribution is 2.31. The van der Waals surface area contributed by atoms with Crippen LogP contribution in [0.3, 0.4) is 0 Å². The van der Waals surface area contributed by atoms with Gasteiger partial charge in [-0.2, -0.15) is 0 Å². The Morgan fingerprint density at radius 3 is 2.05 bits per heavy atom. The molecule has 0 bridgehead atoms. The van der Waals surface area contributed by atoms with E-state index >= 15 is 0 Å². The molecular formula is C16H19ClN2O. The van der Waals surface area contributed by atoms with Crippen molar-refractivity contribution in [2.24, 2.45) is 0 Å². The molecule has 20 heavy (non-hydrogen) atoms. The average molecular weight is 291 g/mol. The van der Waals surface area contributed by atoms with E-state index < -0.39 is 0 Å². The third-order valence-corrected chi connectivity index (χ3v) is 3.70. The quantitative estimate of drug-likeness (QED) is 0.825. The molecule has 0 spiro atoms. The molecule has 0 unspecified atom stereocenters. The molecular weight excluding hydrogens is 272 g/mol. The second-order valence-electron chi connectivity index (χ2n) is 5.45. The number of benzene rings is 1. The predicted octanol–water partition coefficient (Wildman–Crippen LogP) is 4.55. The summed E-state index contributed by atoms with van der Waals surface area (Å²) < 4.78 is 0. The van der Waals surface area contributed by atoms with E-state index in [9.17, 15) is 5.11 Å². The summed E-state index contributed by atoms with van der Waals surface area (Å²) in [7, 11) is 0. The van der Waals surface area contributed by atoms with Crippen molar-refractivity contribution in [1.82, 2.24) is 9.97 Å². The van der Waals surface area contributed by atoms with Crippen LogP contribution in [0.5, 0.6) is 5.75 Å². The number of aromatic nitrogens is 2. The molecule has 1 heterocycles. The van der Waals surface area contributed by atoms with E-state index in [0.717, 1.165) is 27.9 Å². The molecule has 0 aliphatic carbocycles. The molecule has 0 saturated heterocycles. The number of hydrogen-bond donors (Lipinski definition) is 1. The van der Waals surface area contributed by atoms with Crippen LogP contribution in [0, 0.1) is 20.8 Å². The predicted molar refractivity (Wildman–Crippen MR) is 82.4 cm³/mol. The molecule has 106 valence electrons. The van der Waals surface area contributed by atoms with Crippen LogP contribution in [0.1, 0.15) is 42.1 Å². The largest absolute Gasteiger partial charge is 0.507 e. The molecule has 0 atom stereocenters. The van der Waals surface area contributed by atoms with Gasteiger partial charge in [-0.15, -0.1) is 0 Å². The van der Waals surface area contributed by atoms with Crippen LogP contribution in [-0.2, 0) is 0 Å². The van der Waals surface area contributed by atoms with Gasteiger partial charge in [0.2, 0.25) is 0 Å². The van der Waals surface area contributed by atoms with E-state index in [1.165, 1.54) is 0 Å². The second kappa shape index (κ2) is 5.41. The van der Waals surface area contributed by atoms with Crippen molar-refractivity contribution in [1.29, 1.82) is 0 Å². The topological polar surface area (TPSA) is 46.0 Å². The number of phenolic OH excluding ortho intramolecular Hbond substituents is 1. The fourth-order valence-electron chi connectivity index (χ4n) is 2.42. The maximum absolute atomic E-state index is 9.84. The number of halogens is 1. The van der Waals surface area contributed by atoms with E-state index in [1.54, 1.807) is 0 Å². The highest BCUT2D eigenvalue weighted by Gasteiger charge is 2.15. The number of phenols is 1. The smallest absolute Gasteiger partial charge is 0.161 e. The number of nitrogens with zero attached hydrogens (tertiary/aromatic N) is 2. The summed E-state index contributed by atoms with van der Waals surface area (Å²) in [5, 5.41) is 10.3. The SMILES string of the molecule is Cc1cc(-c2nc(C)c(C(C)C)c(Cl)n2)cc(C)c1O. The molecule has 2 aromatic rings. The molecule has 0 fully saturated rings. The monoisotopic (exact) mass is 290 g/mol. The van der Waals surface area contributed by atoms with Gasteiger partial charge in [0.25, 0.3) is 0 Å². The van der Waals surface area contributed by atoms with Crippen molar-refractivity contribution in [3.63, 3.8) is 0 Å². The van der Waals surface area contributed by atoms with Crippen LogP contribution in [0.4, 0.5) is 0 Å². The summed E-state index contributed by atoms with van der Waals surface area (Å²) in [6.07, 6.45) is 0. The molecule has 1 N–H and O–H groups in total. The van der Waals surface area contributed by atoms with Gasteiger partial charge in [-0.25, -0.2) is 9.97 Å². The van der Waals surface area contributed by atoms with Gasteiger partial charge < -0.3 is 5.11 Å².